The van der Waals surface area contributed by atoms with Crippen LogP contribution in [-0.2, 0) is 9.59 Å². The van der Waals surface area contributed by atoms with Gasteiger partial charge in [0, 0.05) is 44.1 Å². The molecule has 2 saturated heterocycles. The molecule has 1 unspecified atom stereocenters. The Morgan fingerprint density at radius 2 is 2.16 bits per heavy atom. The van der Waals surface area contributed by atoms with E-state index in [1.165, 1.54) is 11.5 Å². The first-order valence-corrected chi connectivity index (χ1v) is 8.16. The third kappa shape index (κ3) is 3.63. The number of carbonyl (C=O) groups is 2. The van der Waals surface area contributed by atoms with E-state index in [9.17, 15) is 9.59 Å². The van der Waals surface area contributed by atoms with E-state index in [4.69, 9.17) is 5.73 Å². The van der Waals surface area contributed by atoms with Crippen LogP contribution in [-0.4, -0.2) is 65.3 Å². The Morgan fingerprint density at radius 1 is 1.47 bits per heavy atom. The van der Waals surface area contributed by atoms with Gasteiger partial charge < -0.3 is 15.5 Å². The third-order valence-corrected chi connectivity index (χ3v) is 4.89. The molecule has 0 aliphatic carbocycles. The molecule has 2 rings (SSSR count). The molecule has 2 aliphatic rings. The first kappa shape index (κ1) is 14.7. The number of hydrogen-bond donors (Lipinski definition) is 1. The number of amides is 2. The highest BCUT2D eigenvalue weighted by Crippen LogP contribution is 2.23. The molecule has 0 radical (unpaired) electrons. The number of hydrogen-bond acceptors (Lipinski definition) is 4. The van der Waals surface area contributed by atoms with E-state index in [1.807, 2.05) is 18.7 Å². The minimum Gasteiger partial charge on any atom is -0.368 e. The van der Waals surface area contributed by atoms with Gasteiger partial charge in [-0.3, -0.25) is 9.59 Å². The smallest absolute Gasteiger partial charge is 0.240 e. The van der Waals surface area contributed by atoms with Gasteiger partial charge in [-0.25, -0.2) is 0 Å². The van der Waals surface area contributed by atoms with E-state index in [-0.39, 0.29) is 11.8 Å². The minimum absolute atomic E-state index is 0.0852. The number of likely N-dealkylation sites (tertiary alicyclic amines) is 1. The summed E-state index contributed by atoms with van der Waals surface area (Å²) in [4.78, 5) is 27.5. The molecule has 108 valence electrons. The zero-order valence-corrected chi connectivity index (χ0v) is 12.3. The van der Waals surface area contributed by atoms with Gasteiger partial charge in [-0.05, 0) is 12.3 Å². The minimum atomic E-state index is -0.422. The van der Waals surface area contributed by atoms with E-state index >= 15 is 0 Å². The number of nitrogens with zero attached hydrogens (tertiary/aromatic N) is 2. The SMILES string of the molecule is CC[C@@H](C(N)=O)N1CC(CN2CCSCC2)CC1=O. The quantitative estimate of drug-likeness (QED) is 0.781. The van der Waals surface area contributed by atoms with Gasteiger partial charge in [0.15, 0.2) is 0 Å². The lowest BCUT2D eigenvalue weighted by Gasteiger charge is -2.29. The fourth-order valence-electron chi connectivity index (χ4n) is 2.96. The van der Waals surface area contributed by atoms with Crippen LogP contribution in [0.4, 0.5) is 0 Å². The third-order valence-electron chi connectivity index (χ3n) is 3.95. The largest absolute Gasteiger partial charge is 0.368 e. The maximum absolute atomic E-state index is 12.0. The molecule has 2 atom stereocenters. The molecule has 0 aromatic heterocycles. The number of nitrogens with two attached hydrogens (primary N) is 1. The summed E-state index contributed by atoms with van der Waals surface area (Å²) in [6, 6.07) is -0.422. The molecule has 0 spiro atoms. The Hall–Kier alpha value is -0.750. The summed E-state index contributed by atoms with van der Waals surface area (Å²) in [6.45, 7) is 5.78. The molecule has 0 aromatic carbocycles. The van der Waals surface area contributed by atoms with Gasteiger partial charge in [-0.15, -0.1) is 0 Å². The average molecular weight is 285 g/mol. The Bertz CT molecular complexity index is 345. The van der Waals surface area contributed by atoms with Crippen molar-refractivity contribution in [3.05, 3.63) is 0 Å². The maximum Gasteiger partial charge on any atom is 0.240 e. The first-order chi connectivity index (χ1) is 9.11. The molecule has 2 aliphatic heterocycles. The summed E-state index contributed by atoms with van der Waals surface area (Å²) in [7, 11) is 0. The Morgan fingerprint density at radius 3 is 2.74 bits per heavy atom. The molecule has 0 saturated carbocycles. The number of carbonyl (C=O) groups excluding carboxylic acids is 2. The van der Waals surface area contributed by atoms with E-state index in [1.54, 1.807) is 4.90 Å². The van der Waals surface area contributed by atoms with Gasteiger partial charge in [0.25, 0.3) is 0 Å². The van der Waals surface area contributed by atoms with Crippen LogP contribution in [0.5, 0.6) is 0 Å². The first-order valence-electron chi connectivity index (χ1n) is 7.00. The van der Waals surface area contributed by atoms with Gasteiger partial charge in [-0.2, -0.15) is 11.8 Å². The summed E-state index contributed by atoms with van der Waals surface area (Å²) in [6.07, 6.45) is 1.17. The van der Waals surface area contributed by atoms with Crippen molar-refractivity contribution in [2.45, 2.75) is 25.8 Å². The normalized spacial score (nSPS) is 26.7. The molecule has 0 aromatic rings. The fourth-order valence-corrected chi connectivity index (χ4v) is 3.93. The van der Waals surface area contributed by atoms with Gasteiger partial charge in [0.1, 0.15) is 6.04 Å². The predicted octanol–water partition coefficient (Wildman–Crippen LogP) is 0.148. The van der Waals surface area contributed by atoms with E-state index in [2.05, 4.69) is 4.90 Å². The highest BCUT2D eigenvalue weighted by molar-refractivity contribution is 7.99. The van der Waals surface area contributed by atoms with Crippen molar-refractivity contribution in [1.29, 1.82) is 0 Å². The number of primary amides is 1. The standard InChI is InChI=1S/C13H23N3O2S/c1-2-11(13(14)18)16-9-10(7-12(16)17)8-15-3-5-19-6-4-15/h10-11H,2-9H2,1H3,(H2,14,18)/t10?,11-/m0/s1. The van der Waals surface area contributed by atoms with Crippen molar-refractivity contribution in [2.24, 2.45) is 11.7 Å². The Kier molecular flexibility index (Phi) is 5.10. The zero-order valence-electron chi connectivity index (χ0n) is 11.5. The molecular formula is C13H23N3O2S. The lowest BCUT2D eigenvalue weighted by Crippen LogP contribution is -2.45. The highest BCUT2D eigenvalue weighted by Gasteiger charge is 2.36. The molecule has 2 heterocycles. The van der Waals surface area contributed by atoms with Gasteiger partial charge >= 0.3 is 0 Å². The Balaban J connectivity index is 1.89. The van der Waals surface area contributed by atoms with E-state index < -0.39 is 6.04 Å². The zero-order chi connectivity index (χ0) is 13.8. The second-order valence-electron chi connectivity index (χ2n) is 5.36. The summed E-state index contributed by atoms with van der Waals surface area (Å²) in [5.41, 5.74) is 5.37. The topological polar surface area (TPSA) is 66.6 Å². The summed E-state index contributed by atoms with van der Waals surface area (Å²) < 4.78 is 0. The van der Waals surface area contributed by atoms with Crippen LogP contribution in [0.25, 0.3) is 0 Å². The predicted molar refractivity (Wildman–Crippen MR) is 76.9 cm³/mol. The van der Waals surface area contributed by atoms with Crippen molar-refractivity contribution in [3.63, 3.8) is 0 Å². The van der Waals surface area contributed by atoms with Crippen molar-refractivity contribution in [1.82, 2.24) is 9.80 Å². The molecule has 19 heavy (non-hydrogen) atoms. The van der Waals surface area contributed by atoms with Crippen LogP contribution in [0.1, 0.15) is 19.8 Å². The van der Waals surface area contributed by atoms with Crippen LogP contribution < -0.4 is 5.73 Å². The Labute approximate surface area is 118 Å². The van der Waals surface area contributed by atoms with Crippen molar-refractivity contribution >= 4 is 23.6 Å². The van der Waals surface area contributed by atoms with E-state index in [0.29, 0.717) is 25.3 Å². The van der Waals surface area contributed by atoms with E-state index in [0.717, 1.165) is 19.6 Å². The average Bonchev–Trinajstić information content (AvgIpc) is 2.72. The molecule has 0 bridgehead atoms. The maximum atomic E-state index is 12.0. The summed E-state index contributed by atoms with van der Waals surface area (Å²) >= 11 is 1.99. The molecule has 2 N–H and O–H groups in total. The number of rotatable bonds is 5. The summed E-state index contributed by atoms with van der Waals surface area (Å²) in [5, 5.41) is 0. The van der Waals surface area contributed by atoms with Crippen LogP contribution in [0.2, 0.25) is 0 Å². The highest BCUT2D eigenvalue weighted by atomic mass is 32.2. The van der Waals surface area contributed by atoms with Crippen molar-refractivity contribution < 1.29 is 9.59 Å². The lowest BCUT2D eigenvalue weighted by molar-refractivity contribution is -0.136. The van der Waals surface area contributed by atoms with Gasteiger partial charge in [-0.1, -0.05) is 6.92 Å². The van der Waals surface area contributed by atoms with Gasteiger partial charge in [0.2, 0.25) is 11.8 Å². The molecule has 2 fully saturated rings. The van der Waals surface area contributed by atoms with Crippen molar-refractivity contribution in [3.8, 4) is 0 Å². The van der Waals surface area contributed by atoms with Gasteiger partial charge in [0.05, 0.1) is 0 Å². The van der Waals surface area contributed by atoms with Crippen LogP contribution in [0, 0.1) is 5.92 Å². The van der Waals surface area contributed by atoms with Crippen molar-refractivity contribution in [2.75, 3.05) is 37.7 Å². The second-order valence-corrected chi connectivity index (χ2v) is 6.58. The van der Waals surface area contributed by atoms with Crippen LogP contribution in [0.3, 0.4) is 0 Å². The molecule has 2 amide bonds. The lowest BCUT2D eigenvalue weighted by atomic mass is 10.1. The fraction of sp³-hybridized carbons (Fsp3) is 0.846. The molecular weight excluding hydrogens is 262 g/mol. The van der Waals surface area contributed by atoms with Crippen LogP contribution in [0.15, 0.2) is 0 Å². The number of thioether (sulfide) groups is 1. The second kappa shape index (κ2) is 6.61. The molecule has 6 heteroatoms. The van der Waals surface area contributed by atoms with Crippen LogP contribution >= 0.6 is 11.8 Å². The molecule has 5 nitrogen and oxygen atoms in total. The monoisotopic (exact) mass is 285 g/mol. The summed E-state index contributed by atoms with van der Waals surface area (Å²) in [5.74, 6) is 2.42.